The molecule has 3 heteroatoms. The average molecular weight is 288 g/mol. The Hall–Kier alpha value is -0.410. The highest BCUT2D eigenvalue weighted by atomic mass is 79.9. The fourth-order valence-electron chi connectivity index (χ4n) is 1.80. The van der Waals surface area contributed by atoms with E-state index in [-0.39, 0.29) is 5.82 Å². The monoisotopic (exact) mass is 287 g/mol. The average Bonchev–Trinajstić information content (AvgIpc) is 2.12. The predicted molar refractivity (Wildman–Crippen MR) is 69.9 cm³/mol. The molecule has 0 saturated heterocycles. The molecule has 1 aromatic rings. The Bertz CT molecular complexity index is 318. The summed E-state index contributed by atoms with van der Waals surface area (Å²) in [6, 6.07) is 5.45. The lowest BCUT2D eigenvalue weighted by Crippen LogP contribution is -2.26. The minimum atomic E-state index is -0.192. The normalized spacial score (nSPS) is 13.1. The molecule has 1 atom stereocenters. The van der Waals surface area contributed by atoms with Crippen molar-refractivity contribution in [1.29, 1.82) is 0 Å². The molecule has 0 aromatic heterocycles. The first-order valence-corrected chi connectivity index (χ1v) is 6.45. The Morgan fingerprint density at radius 1 is 1.25 bits per heavy atom. The van der Waals surface area contributed by atoms with Gasteiger partial charge in [0.1, 0.15) is 5.82 Å². The molecule has 0 amide bonds. The largest absolute Gasteiger partial charge is 0.310 e. The molecular formula is C13H19BrFN. The molecule has 0 radical (unpaired) electrons. The van der Waals surface area contributed by atoms with Crippen LogP contribution in [0.1, 0.15) is 32.8 Å². The molecular weight excluding hydrogens is 269 g/mol. The van der Waals surface area contributed by atoms with E-state index in [2.05, 4.69) is 42.0 Å². The molecule has 1 aromatic carbocycles. The summed E-state index contributed by atoms with van der Waals surface area (Å²) in [6.45, 7) is 7.28. The van der Waals surface area contributed by atoms with Crippen LogP contribution in [0.3, 0.4) is 0 Å². The summed E-state index contributed by atoms with van der Waals surface area (Å²) in [4.78, 5) is 0. The molecule has 1 N–H and O–H groups in total. The predicted octanol–water partition coefficient (Wildman–Crippen LogP) is 4.11. The third-order valence-corrected chi connectivity index (χ3v) is 2.86. The van der Waals surface area contributed by atoms with Crippen molar-refractivity contribution in [3.63, 3.8) is 0 Å². The van der Waals surface area contributed by atoms with Crippen molar-refractivity contribution >= 4 is 15.9 Å². The second-order valence-electron chi connectivity index (χ2n) is 4.69. The summed E-state index contributed by atoms with van der Waals surface area (Å²) in [6.07, 6.45) is 1.14. The van der Waals surface area contributed by atoms with Crippen molar-refractivity contribution in [1.82, 2.24) is 5.32 Å². The highest BCUT2D eigenvalue weighted by Crippen LogP contribution is 2.15. The van der Waals surface area contributed by atoms with Gasteiger partial charge < -0.3 is 5.32 Å². The van der Waals surface area contributed by atoms with Crippen molar-refractivity contribution < 1.29 is 4.39 Å². The van der Waals surface area contributed by atoms with Gasteiger partial charge in [-0.05, 0) is 43.0 Å². The zero-order valence-electron chi connectivity index (χ0n) is 10.1. The minimum Gasteiger partial charge on any atom is -0.310 e. The van der Waals surface area contributed by atoms with E-state index in [0.29, 0.717) is 18.5 Å². The Kier molecular flexibility index (Phi) is 5.42. The number of benzene rings is 1. The van der Waals surface area contributed by atoms with E-state index < -0.39 is 0 Å². The topological polar surface area (TPSA) is 12.0 Å². The molecule has 0 spiro atoms. The molecule has 1 rings (SSSR count). The summed E-state index contributed by atoms with van der Waals surface area (Å²) in [5, 5.41) is 3.40. The zero-order chi connectivity index (χ0) is 12.1. The van der Waals surface area contributed by atoms with Gasteiger partial charge in [-0.1, -0.05) is 29.8 Å². The lowest BCUT2D eigenvalue weighted by Gasteiger charge is -2.16. The summed E-state index contributed by atoms with van der Waals surface area (Å²) in [7, 11) is 0. The maximum absolute atomic E-state index is 13.1. The molecule has 0 aliphatic carbocycles. The highest BCUT2D eigenvalue weighted by molar-refractivity contribution is 9.10. The van der Waals surface area contributed by atoms with Gasteiger partial charge in [-0.3, -0.25) is 0 Å². The number of halogens is 2. The van der Waals surface area contributed by atoms with Crippen molar-refractivity contribution in [2.45, 2.75) is 39.8 Å². The molecule has 0 fully saturated rings. The number of hydrogen-bond donors (Lipinski definition) is 1. The lowest BCUT2D eigenvalue weighted by molar-refractivity contribution is 0.441. The first-order valence-electron chi connectivity index (χ1n) is 5.65. The van der Waals surface area contributed by atoms with Crippen LogP contribution >= 0.6 is 15.9 Å². The second-order valence-corrected chi connectivity index (χ2v) is 5.60. The smallest absolute Gasteiger partial charge is 0.124 e. The summed E-state index contributed by atoms with van der Waals surface area (Å²) in [5.41, 5.74) is 0.975. The van der Waals surface area contributed by atoms with Gasteiger partial charge in [0.25, 0.3) is 0 Å². The maximum Gasteiger partial charge on any atom is 0.124 e. The van der Waals surface area contributed by atoms with E-state index in [9.17, 15) is 4.39 Å². The van der Waals surface area contributed by atoms with Gasteiger partial charge in [0, 0.05) is 17.1 Å². The molecule has 1 unspecified atom stereocenters. The van der Waals surface area contributed by atoms with Crippen molar-refractivity contribution in [3.05, 3.63) is 34.1 Å². The molecule has 90 valence electrons. The van der Waals surface area contributed by atoms with E-state index in [1.54, 1.807) is 6.07 Å². The van der Waals surface area contributed by atoms with Crippen LogP contribution in [0.15, 0.2) is 22.7 Å². The Labute approximate surface area is 106 Å². The zero-order valence-corrected chi connectivity index (χ0v) is 11.6. The molecule has 1 nitrogen and oxygen atoms in total. The van der Waals surface area contributed by atoms with Gasteiger partial charge in [-0.15, -0.1) is 0 Å². The number of nitrogens with one attached hydrogen (secondary N) is 1. The Morgan fingerprint density at radius 3 is 2.50 bits per heavy atom. The molecule has 0 heterocycles. The molecule has 16 heavy (non-hydrogen) atoms. The molecule has 0 aliphatic rings. The third kappa shape index (κ3) is 5.08. The van der Waals surface area contributed by atoms with Crippen LogP contribution in [-0.2, 0) is 6.54 Å². The molecule has 0 bridgehead atoms. The Balaban J connectivity index is 2.48. The maximum atomic E-state index is 13.1. The first kappa shape index (κ1) is 13.7. The van der Waals surface area contributed by atoms with Crippen LogP contribution in [0.5, 0.6) is 0 Å². The summed E-state index contributed by atoms with van der Waals surface area (Å²) in [5.74, 6) is 0.490. The molecule has 0 aliphatic heterocycles. The van der Waals surface area contributed by atoms with Crippen molar-refractivity contribution in [2.75, 3.05) is 0 Å². The van der Waals surface area contributed by atoms with Gasteiger partial charge in [0.2, 0.25) is 0 Å². The fraction of sp³-hybridized carbons (Fsp3) is 0.538. The fourth-order valence-corrected chi connectivity index (χ4v) is 2.31. The summed E-state index contributed by atoms with van der Waals surface area (Å²) < 4.78 is 13.9. The van der Waals surface area contributed by atoms with E-state index in [1.807, 2.05) is 6.07 Å². The lowest BCUT2D eigenvalue weighted by atomic mass is 10.1. The van der Waals surface area contributed by atoms with Crippen LogP contribution < -0.4 is 5.32 Å². The highest BCUT2D eigenvalue weighted by Gasteiger charge is 2.05. The van der Waals surface area contributed by atoms with E-state index in [4.69, 9.17) is 0 Å². The quantitative estimate of drug-likeness (QED) is 0.859. The van der Waals surface area contributed by atoms with Gasteiger partial charge in [-0.25, -0.2) is 4.39 Å². The second kappa shape index (κ2) is 6.36. The van der Waals surface area contributed by atoms with Gasteiger partial charge in [0.05, 0.1) is 0 Å². The number of rotatable bonds is 5. The minimum absolute atomic E-state index is 0.192. The van der Waals surface area contributed by atoms with Crippen LogP contribution in [0, 0.1) is 11.7 Å². The van der Waals surface area contributed by atoms with Crippen LogP contribution in [0.25, 0.3) is 0 Å². The van der Waals surface area contributed by atoms with E-state index in [0.717, 1.165) is 16.5 Å². The van der Waals surface area contributed by atoms with Crippen LogP contribution in [0.2, 0.25) is 0 Å². The van der Waals surface area contributed by atoms with Gasteiger partial charge in [0.15, 0.2) is 0 Å². The SMILES string of the molecule is CC(C)CC(C)NCc1cc(F)cc(Br)c1. The Morgan fingerprint density at radius 2 is 1.94 bits per heavy atom. The standard InChI is InChI=1S/C13H19BrFN/c1-9(2)4-10(3)16-8-11-5-12(14)7-13(15)6-11/h5-7,9-10,16H,4,8H2,1-3H3. The van der Waals surface area contributed by atoms with Gasteiger partial charge >= 0.3 is 0 Å². The van der Waals surface area contributed by atoms with Crippen molar-refractivity contribution in [2.24, 2.45) is 5.92 Å². The third-order valence-electron chi connectivity index (χ3n) is 2.40. The van der Waals surface area contributed by atoms with Crippen molar-refractivity contribution in [3.8, 4) is 0 Å². The van der Waals surface area contributed by atoms with E-state index in [1.165, 1.54) is 6.07 Å². The summed E-state index contributed by atoms with van der Waals surface area (Å²) >= 11 is 3.29. The van der Waals surface area contributed by atoms with Crippen LogP contribution in [0.4, 0.5) is 4.39 Å². The van der Waals surface area contributed by atoms with Gasteiger partial charge in [-0.2, -0.15) is 0 Å². The van der Waals surface area contributed by atoms with Crippen LogP contribution in [-0.4, -0.2) is 6.04 Å². The molecule has 0 saturated carbocycles. The number of hydrogen-bond acceptors (Lipinski definition) is 1. The first-order chi connectivity index (χ1) is 7.47. The van der Waals surface area contributed by atoms with E-state index >= 15 is 0 Å².